The van der Waals surface area contributed by atoms with Crippen molar-refractivity contribution in [1.82, 2.24) is 20.1 Å². The molecule has 0 unspecified atom stereocenters. The van der Waals surface area contributed by atoms with Gasteiger partial charge in [-0.2, -0.15) is 5.10 Å². The van der Waals surface area contributed by atoms with E-state index in [1.807, 2.05) is 0 Å². The van der Waals surface area contributed by atoms with Gasteiger partial charge in [-0.25, -0.2) is 4.98 Å². The molecule has 100 valence electrons. The van der Waals surface area contributed by atoms with Crippen LogP contribution in [0.1, 0.15) is 16.2 Å². The van der Waals surface area contributed by atoms with Crippen LogP contribution < -0.4 is 15.8 Å². The number of carbonyl (C=O) groups is 1. The second kappa shape index (κ2) is 5.38. The van der Waals surface area contributed by atoms with E-state index >= 15 is 0 Å². The van der Waals surface area contributed by atoms with Crippen LogP contribution in [0.4, 0.5) is 5.69 Å². The van der Waals surface area contributed by atoms with Gasteiger partial charge < -0.3 is 15.8 Å². The molecule has 0 fully saturated rings. The molecule has 0 saturated carbocycles. The van der Waals surface area contributed by atoms with Crippen LogP contribution in [-0.2, 0) is 13.6 Å². The summed E-state index contributed by atoms with van der Waals surface area (Å²) < 4.78 is 6.65. The summed E-state index contributed by atoms with van der Waals surface area (Å²) >= 11 is 0. The maximum atomic E-state index is 11.9. The molecule has 0 atom stereocenters. The van der Waals surface area contributed by atoms with Gasteiger partial charge in [-0.15, -0.1) is 0 Å². The summed E-state index contributed by atoms with van der Waals surface area (Å²) in [5, 5.41) is 6.80. The van der Waals surface area contributed by atoms with Gasteiger partial charge >= 0.3 is 0 Å². The molecular formula is C12H15N5O2. The van der Waals surface area contributed by atoms with Crippen molar-refractivity contribution in [3.05, 3.63) is 35.9 Å². The fourth-order valence-electron chi connectivity index (χ4n) is 1.58. The van der Waals surface area contributed by atoms with Crippen LogP contribution in [0.25, 0.3) is 0 Å². The summed E-state index contributed by atoms with van der Waals surface area (Å²) in [6.45, 7) is 0.270. The Labute approximate surface area is 110 Å². The van der Waals surface area contributed by atoms with E-state index in [-0.39, 0.29) is 12.5 Å². The molecule has 7 nitrogen and oxygen atoms in total. The van der Waals surface area contributed by atoms with Gasteiger partial charge in [-0.3, -0.25) is 9.48 Å². The number of benzene rings is 1. The van der Waals surface area contributed by atoms with Gasteiger partial charge in [0.2, 0.25) is 0 Å². The van der Waals surface area contributed by atoms with Crippen LogP contribution in [-0.4, -0.2) is 27.8 Å². The van der Waals surface area contributed by atoms with Crippen molar-refractivity contribution in [1.29, 1.82) is 0 Å². The van der Waals surface area contributed by atoms with Crippen LogP contribution in [0, 0.1) is 0 Å². The largest absolute Gasteiger partial charge is 0.495 e. The SMILES string of the molecule is COc1cc(C(=O)NCc2ncn(C)n2)ccc1N. The highest BCUT2D eigenvalue weighted by Crippen LogP contribution is 2.21. The van der Waals surface area contributed by atoms with Crippen molar-refractivity contribution < 1.29 is 9.53 Å². The first-order chi connectivity index (χ1) is 9.10. The number of nitrogens with one attached hydrogen (secondary N) is 1. The predicted octanol–water partition coefficient (Wildman–Crippen LogP) is 0.336. The smallest absolute Gasteiger partial charge is 0.251 e. The Bertz CT molecular complexity index is 594. The number of amides is 1. The van der Waals surface area contributed by atoms with Gasteiger partial charge in [0.05, 0.1) is 19.3 Å². The number of ether oxygens (including phenoxy) is 1. The fourth-order valence-corrected chi connectivity index (χ4v) is 1.58. The lowest BCUT2D eigenvalue weighted by Gasteiger charge is -2.07. The lowest BCUT2D eigenvalue weighted by Crippen LogP contribution is -2.23. The number of aromatic nitrogens is 3. The lowest BCUT2D eigenvalue weighted by molar-refractivity contribution is 0.0949. The molecule has 0 aliphatic heterocycles. The number of aryl methyl sites for hydroxylation is 1. The number of hydrogen-bond acceptors (Lipinski definition) is 5. The minimum absolute atomic E-state index is 0.231. The summed E-state index contributed by atoms with van der Waals surface area (Å²) in [5.41, 5.74) is 6.65. The fraction of sp³-hybridized carbons (Fsp3) is 0.250. The minimum Gasteiger partial charge on any atom is -0.495 e. The molecule has 0 spiro atoms. The zero-order chi connectivity index (χ0) is 13.8. The number of carbonyl (C=O) groups excluding carboxylic acids is 1. The van der Waals surface area contributed by atoms with E-state index in [1.54, 1.807) is 36.3 Å². The molecule has 0 aliphatic carbocycles. The third-order valence-electron chi connectivity index (χ3n) is 2.55. The lowest BCUT2D eigenvalue weighted by atomic mass is 10.2. The third-order valence-corrected chi connectivity index (χ3v) is 2.55. The number of anilines is 1. The molecule has 3 N–H and O–H groups in total. The van der Waals surface area contributed by atoms with Gasteiger partial charge in [0.25, 0.3) is 5.91 Å². The quantitative estimate of drug-likeness (QED) is 0.774. The molecule has 2 rings (SSSR count). The second-order valence-electron chi connectivity index (χ2n) is 3.97. The Kier molecular flexibility index (Phi) is 3.65. The first-order valence-corrected chi connectivity index (χ1v) is 5.66. The third kappa shape index (κ3) is 3.01. The highest BCUT2D eigenvalue weighted by atomic mass is 16.5. The van der Waals surface area contributed by atoms with Gasteiger partial charge in [0, 0.05) is 12.6 Å². The molecular weight excluding hydrogens is 246 g/mol. The van der Waals surface area contributed by atoms with E-state index in [1.165, 1.54) is 7.11 Å². The summed E-state index contributed by atoms with van der Waals surface area (Å²) in [4.78, 5) is 16.0. The van der Waals surface area contributed by atoms with Crippen molar-refractivity contribution in [2.45, 2.75) is 6.54 Å². The van der Waals surface area contributed by atoms with E-state index in [0.29, 0.717) is 22.8 Å². The Morgan fingerprint density at radius 1 is 1.53 bits per heavy atom. The Hall–Kier alpha value is -2.57. The van der Waals surface area contributed by atoms with E-state index in [4.69, 9.17) is 10.5 Å². The highest BCUT2D eigenvalue weighted by Gasteiger charge is 2.09. The number of nitrogen functional groups attached to an aromatic ring is 1. The highest BCUT2D eigenvalue weighted by molar-refractivity contribution is 5.95. The second-order valence-corrected chi connectivity index (χ2v) is 3.97. The summed E-state index contributed by atoms with van der Waals surface area (Å²) in [7, 11) is 3.27. The minimum atomic E-state index is -0.231. The summed E-state index contributed by atoms with van der Waals surface area (Å²) in [5.74, 6) is 0.799. The number of rotatable bonds is 4. The maximum absolute atomic E-state index is 11.9. The number of nitrogens with two attached hydrogens (primary N) is 1. The zero-order valence-corrected chi connectivity index (χ0v) is 10.8. The van der Waals surface area contributed by atoms with Gasteiger partial charge in [-0.05, 0) is 18.2 Å². The van der Waals surface area contributed by atoms with Crippen molar-refractivity contribution >= 4 is 11.6 Å². The standard InChI is InChI=1S/C12H15N5O2/c1-17-7-15-11(16-17)6-14-12(18)8-3-4-9(13)10(5-8)19-2/h3-5,7H,6,13H2,1-2H3,(H,14,18). The van der Waals surface area contributed by atoms with Crippen LogP contribution in [0.3, 0.4) is 0 Å². The van der Waals surface area contributed by atoms with Crippen LogP contribution in [0.2, 0.25) is 0 Å². The molecule has 1 aromatic heterocycles. The van der Waals surface area contributed by atoms with Gasteiger partial charge in [-0.1, -0.05) is 0 Å². The molecule has 0 saturated heterocycles. The average Bonchev–Trinajstić information content (AvgIpc) is 2.82. The van der Waals surface area contributed by atoms with E-state index in [9.17, 15) is 4.79 Å². The van der Waals surface area contributed by atoms with Crippen LogP contribution in [0.5, 0.6) is 5.75 Å². The predicted molar refractivity (Wildman–Crippen MR) is 69.6 cm³/mol. The van der Waals surface area contributed by atoms with Crippen LogP contribution in [0.15, 0.2) is 24.5 Å². The molecule has 7 heteroatoms. The molecule has 1 aromatic carbocycles. The van der Waals surface area contributed by atoms with Crippen LogP contribution >= 0.6 is 0 Å². The Morgan fingerprint density at radius 2 is 2.32 bits per heavy atom. The van der Waals surface area contributed by atoms with E-state index in [2.05, 4.69) is 15.4 Å². The van der Waals surface area contributed by atoms with Gasteiger partial charge in [0.1, 0.15) is 12.1 Å². The van der Waals surface area contributed by atoms with Crippen molar-refractivity contribution in [3.8, 4) is 5.75 Å². The number of methoxy groups -OCH3 is 1. The molecule has 2 aromatic rings. The number of hydrogen-bond donors (Lipinski definition) is 2. The molecule has 0 radical (unpaired) electrons. The first kappa shape index (κ1) is 12.9. The zero-order valence-electron chi connectivity index (χ0n) is 10.8. The molecule has 0 aliphatic rings. The molecule has 0 bridgehead atoms. The van der Waals surface area contributed by atoms with Crippen molar-refractivity contribution in [3.63, 3.8) is 0 Å². The Balaban J connectivity index is 2.03. The molecule has 1 amide bonds. The summed E-state index contributed by atoms with van der Waals surface area (Å²) in [6, 6.07) is 4.86. The molecule has 19 heavy (non-hydrogen) atoms. The number of nitrogens with zero attached hydrogens (tertiary/aromatic N) is 3. The van der Waals surface area contributed by atoms with Gasteiger partial charge in [0.15, 0.2) is 5.82 Å². The topological polar surface area (TPSA) is 95.1 Å². The average molecular weight is 261 g/mol. The molecule has 1 heterocycles. The monoisotopic (exact) mass is 261 g/mol. The van der Waals surface area contributed by atoms with Crippen molar-refractivity contribution in [2.75, 3.05) is 12.8 Å². The first-order valence-electron chi connectivity index (χ1n) is 5.66. The summed E-state index contributed by atoms with van der Waals surface area (Å²) in [6.07, 6.45) is 1.58. The van der Waals surface area contributed by atoms with E-state index in [0.717, 1.165) is 0 Å². The normalized spacial score (nSPS) is 10.2. The van der Waals surface area contributed by atoms with E-state index < -0.39 is 0 Å². The maximum Gasteiger partial charge on any atom is 0.251 e. The van der Waals surface area contributed by atoms with Crippen molar-refractivity contribution in [2.24, 2.45) is 7.05 Å². The Morgan fingerprint density at radius 3 is 2.95 bits per heavy atom.